The number of Topliss-reactive ketones (excluding diaryl/α,β-unsaturated/α-hetero) is 1. The lowest BCUT2D eigenvalue weighted by Crippen LogP contribution is -2.42. The molecule has 0 saturated heterocycles. The van der Waals surface area contributed by atoms with Crippen molar-refractivity contribution in [3.63, 3.8) is 0 Å². The van der Waals surface area contributed by atoms with Gasteiger partial charge in [-0.2, -0.15) is 8.42 Å². The summed E-state index contributed by atoms with van der Waals surface area (Å²) in [6.45, 7) is 3.89. The highest BCUT2D eigenvalue weighted by molar-refractivity contribution is 7.85. The Labute approximate surface area is 158 Å². The number of anilines is 1. The molecule has 0 aromatic heterocycles. The fourth-order valence-corrected chi connectivity index (χ4v) is 6.17. The number of benzene rings is 1. The van der Waals surface area contributed by atoms with E-state index < -0.39 is 33.3 Å². The summed E-state index contributed by atoms with van der Waals surface area (Å²) in [5, 5.41) is 11.7. The number of carbonyl (C=O) groups is 2. The lowest BCUT2D eigenvalue weighted by molar-refractivity contribution is -0.137. The summed E-state index contributed by atoms with van der Waals surface area (Å²) in [6.07, 6.45) is 2.56. The van der Waals surface area contributed by atoms with Crippen LogP contribution in [-0.2, 0) is 26.1 Å². The molecule has 1 heterocycles. The maximum absolute atomic E-state index is 11.9. The van der Waals surface area contributed by atoms with Gasteiger partial charge in [0.15, 0.2) is 0 Å². The topological polar surface area (TPSA) is 121 Å². The summed E-state index contributed by atoms with van der Waals surface area (Å²) in [6, 6.07) is 7.23. The average molecular weight is 395 g/mol. The van der Waals surface area contributed by atoms with Gasteiger partial charge in [-0.1, -0.05) is 32.0 Å². The highest BCUT2D eigenvalue weighted by Gasteiger charge is 2.65. The normalized spacial score (nSPS) is 30.3. The first-order valence-corrected chi connectivity index (χ1v) is 10.6. The molecule has 1 aromatic carbocycles. The van der Waals surface area contributed by atoms with Crippen molar-refractivity contribution < 1.29 is 27.7 Å². The van der Waals surface area contributed by atoms with Crippen LogP contribution < -0.4 is 5.32 Å². The largest absolute Gasteiger partial charge is 0.480 e. The molecule has 1 unspecified atom stereocenters. The zero-order chi connectivity index (χ0) is 20.0. The van der Waals surface area contributed by atoms with E-state index in [0.717, 1.165) is 17.7 Å². The highest BCUT2D eigenvalue weighted by atomic mass is 32.2. The van der Waals surface area contributed by atoms with Crippen LogP contribution in [0, 0.1) is 16.7 Å². The van der Waals surface area contributed by atoms with Crippen LogP contribution in [0.1, 0.15) is 38.7 Å². The molecule has 27 heavy (non-hydrogen) atoms. The van der Waals surface area contributed by atoms with Crippen LogP contribution >= 0.6 is 0 Å². The Bertz CT molecular complexity index is 853. The van der Waals surface area contributed by atoms with E-state index in [1.54, 1.807) is 0 Å². The zero-order valence-electron chi connectivity index (χ0n) is 15.4. The van der Waals surface area contributed by atoms with Gasteiger partial charge in [-0.05, 0) is 35.8 Å². The number of nitrogens with one attached hydrogen (secondary N) is 1. The number of carboxylic acids is 1. The molecule has 0 amide bonds. The smallest absolute Gasteiger partial charge is 0.326 e. The molecular formula is C19H25NO6S. The Morgan fingerprint density at radius 1 is 1.26 bits per heavy atom. The molecule has 0 radical (unpaired) electrons. The summed E-state index contributed by atoms with van der Waals surface area (Å²) >= 11 is 0. The molecule has 148 valence electrons. The molecule has 2 aliphatic carbocycles. The molecule has 4 rings (SSSR count). The van der Waals surface area contributed by atoms with E-state index in [1.807, 2.05) is 38.1 Å². The molecule has 0 spiro atoms. The standard InChI is InChI=1S/C10H16O4S.C9H9NO2/c1-9(2)7-3-4-10(9,8(11)5-7)6-15(12,13)14;11-9(12)8-5-6-3-1-2-4-7(6)10-8/h7H,3-6H2,1-2H3,(H,12,13,14);1-4,8,10H,5H2,(H,11,12)/t7?,10-;8-/m00/s1. The molecule has 3 N–H and O–H groups in total. The molecular weight excluding hydrogens is 370 g/mol. The Morgan fingerprint density at radius 3 is 2.41 bits per heavy atom. The van der Waals surface area contributed by atoms with Crippen LogP contribution in [0.2, 0.25) is 0 Å². The molecule has 3 atom stereocenters. The number of carbonyl (C=O) groups excluding carboxylic acids is 1. The lowest BCUT2D eigenvalue weighted by Gasteiger charge is -2.35. The molecule has 1 aliphatic heterocycles. The molecule has 1 aromatic rings. The van der Waals surface area contributed by atoms with Crippen molar-refractivity contribution in [3.8, 4) is 0 Å². The summed E-state index contributed by atoms with van der Waals surface area (Å²) < 4.78 is 31.0. The first-order chi connectivity index (χ1) is 12.5. The van der Waals surface area contributed by atoms with Gasteiger partial charge in [0.05, 0.1) is 11.2 Å². The third kappa shape index (κ3) is 3.48. The molecule has 3 aliphatic rings. The lowest BCUT2D eigenvalue weighted by atomic mass is 9.70. The first kappa shape index (κ1) is 19.8. The second-order valence-electron chi connectivity index (χ2n) is 8.29. The summed E-state index contributed by atoms with van der Waals surface area (Å²) in [5.74, 6) is -0.887. The molecule has 2 saturated carbocycles. The molecule has 2 bridgehead atoms. The minimum absolute atomic E-state index is 0.0152. The Kier molecular flexibility index (Phi) is 4.84. The van der Waals surface area contributed by atoms with Gasteiger partial charge >= 0.3 is 5.97 Å². The number of hydrogen-bond acceptors (Lipinski definition) is 5. The quantitative estimate of drug-likeness (QED) is 0.672. The summed E-state index contributed by atoms with van der Waals surface area (Å²) in [5.41, 5.74) is 0.917. The van der Waals surface area contributed by atoms with E-state index in [9.17, 15) is 18.0 Å². The zero-order valence-corrected chi connectivity index (χ0v) is 16.3. The maximum Gasteiger partial charge on any atom is 0.326 e. The van der Waals surface area contributed by atoms with Gasteiger partial charge in [-0.25, -0.2) is 4.79 Å². The van der Waals surface area contributed by atoms with E-state index in [-0.39, 0.29) is 17.1 Å². The second kappa shape index (κ2) is 6.60. The number of rotatable bonds is 3. The van der Waals surface area contributed by atoms with Gasteiger partial charge in [-0.15, -0.1) is 0 Å². The number of hydrogen-bond donors (Lipinski definition) is 3. The summed E-state index contributed by atoms with van der Waals surface area (Å²) in [7, 11) is -4.08. The van der Waals surface area contributed by atoms with Gasteiger partial charge in [0.25, 0.3) is 10.1 Å². The van der Waals surface area contributed by atoms with Gasteiger partial charge in [0.2, 0.25) is 0 Å². The van der Waals surface area contributed by atoms with Crippen LogP contribution in [0.5, 0.6) is 0 Å². The van der Waals surface area contributed by atoms with E-state index in [0.29, 0.717) is 19.3 Å². The SMILES string of the molecule is CC1(C)C2CC[C@]1(CS(=O)(=O)O)C(=O)C2.O=C(O)[C@@H]1Cc2ccccc2N1. The Hall–Kier alpha value is -1.93. The van der Waals surface area contributed by atoms with Crippen LogP contribution in [0.4, 0.5) is 5.69 Å². The molecule has 8 heteroatoms. The van der Waals surface area contributed by atoms with Gasteiger partial charge in [0, 0.05) is 18.5 Å². The van der Waals surface area contributed by atoms with Crippen molar-refractivity contribution in [3.05, 3.63) is 29.8 Å². The number of fused-ring (bicyclic) bond motifs is 3. The predicted octanol–water partition coefficient (Wildman–Crippen LogP) is 2.38. The number of carboxylic acid groups (broad SMARTS) is 1. The maximum atomic E-state index is 11.9. The van der Waals surface area contributed by atoms with Crippen LogP contribution in [0.3, 0.4) is 0 Å². The number of ketones is 1. The monoisotopic (exact) mass is 395 g/mol. The van der Waals surface area contributed by atoms with Gasteiger partial charge in [-0.3, -0.25) is 9.35 Å². The van der Waals surface area contributed by atoms with Crippen molar-refractivity contribution >= 4 is 27.6 Å². The van der Waals surface area contributed by atoms with Gasteiger partial charge < -0.3 is 10.4 Å². The van der Waals surface area contributed by atoms with E-state index in [2.05, 4.69) is 5.32 Å². The van der Waals surface area contributed by atoms with E-state index in [4.69, 9.17) is 9.66 Å². The number of para-hydroxylation sites is 1. The van der Waals surface area contributed by atoms with Crippen molar-refractivity contribution in [2.45, 2.75) is 45.6 Å². The van der Waals surface area contributed by atoms with Crippen molar-refractivity contribution in [2.75, 3.05) is 11.1 Å². The van der Waals surface area contributed by atoms with Gasteiger partial charge in [0.1, 0.15) is 11.8 Å². The van der Waals surface area contributed by atoms with Crippen LogP contribution in [0.25, 0.3) is 0 Å². The van der Waals surface area contributed by atoms with Crippen LogP contribution in [0.15, 0.2) is 24.3 Å². The predicted molar refractivity (Wildman–Crippen MR) is 100 cm³/mol. The fraction of sp³-hybridized carbons (Fsp3) is 0.579. The van der Waals surface area contributed by atoms with E-state index in [1.165, 1.54) is 0 Å². The molecule has 7 nitrogen and oxygen atoms in total. The third-order valence-corrected chi connectivity index (χ3v) is 7.49. The van der Waals surface area contributed by atoms with Crippen molar-refractivity contribution in [2.24, 2.45) is 16.7 Å². The minimum Gasteiger partial charge on any atom is -0.480 e. The Balaban J connectivity index is 0.000000159. The third-order valence-electron chi connectivity index (χ3n) is 6.64. The molecule has 2 fully saturated rings. The van der Waals surface area contributed by atoms with E-state index >= 15 is 0 Å². The van der Waals surface area contributed by atoms with Crippen LogP contribution in [-0.4, -0.2) is 41.6 Å². The highest BCUT2D eigenvalue weighted by Crippen LogP contribution is 2.64. The average Bonchev–Trinajstić information content (AvgIpc) is 3.14. The second-order valence-corrected chi connectivity index (χ2v) is 9.74. The van der Waals surface area contributed by atoms with Crippen molar-refractivity contribution in [1.82, 2.24) is 0 Å². The van der Waals surface area contributed by atoms with Crippen molar-refractivity contribution in [1.29, 1.82) is 0 Å². The number of aliphatic carboxylic acids is 1. The Morgan fingerprint density at radius 2 is 1.93 bits per heavy atom. The first-order valence-electron chi connectivity index (χ1n) is 9.02. The minimum atomic E-state index is -4.08. The summed E-state index contributed by atoms with van der Waals surface area (Å²) in [4.78, 5) is 22.5. The fourth-order valence-electron chi connectivity index (χ4n) is 4.87.